The number of amides is 1. The summed E-state index contributed by atoms with van der Waals surface area (Å²) in [6.45, 7) is 3.93. The molecule has 3 N–H and O–H groups in total. The van der Waals surface area contributed by atoms with E-state index in [4.69, 9.17) is 9.84 Å². The van der Waals surface area contributed by atoms with E-state index >= 15 is 0 Å². The van der Waals surface area contributed by atoms with Gasteiger partial charge in [0, 0.05) is 19.2 Å². The number of aliphatic hydroxyl groups is 1. The molecule has 0 saturated heterocycles. The highest BCUT2D eigenvalue weighted by Crippen LogP contribution is 2.16. The zero-order valence-electron chi connectivity index (χ0n) is 13.4. The van der Waals surface area contributed by atoms with Gasteiger partial charge in [0.25, 0.3) is 5.91 Å². The van der Waals surface area contributed by atoms with E-state index in [0.717, 1.165) is 0 Å². The predicted octanol–water partition coefficient (Wildman–Crippen LogP) is 0.641. The average molecular weight is 344 g/mol. The largest absolute Gasteiger partial charge is 0.484 e. The Hall–Kier alpha value is -1.64. The van der Waals surface area contributed by atoms with Gasteiger partial charge in [0.2, 0.25) is 10.0 Å². The maximum Gasteiger partial charge on any atom is 0.257 e. The van der Waals surface area contributed by atoms with Crippen LogP contribution < -0.4 is 14.8 Å². The van der Waals surface area contributed by atoms with Gasteiger partial charge in [0.15, 0.2) is 6.61 Å². The normalized spacial score (nSPS) is 12.7. The molecule has 0 spiro atoms. The number of rotatable bonds is 10. The molecule has 130 valence electrons. The van der Waals surface area contributed by atoms with Crippen molar-refractivity contribution in [2.24, 2.45) is 0 Å². The van der Waals surface area contributed by atoms with Crippen LogP contribution in [0.1, 0.15) is 26.7 Å². The lowest BCUT2D eigenvalue weighted by atomic mass is 10.3. The highest BCUT2D eigenvalue weighted by atomic mass is 32.2. The van der Waals surface area contributed by atoms with Crippen LogP contribution in [-0.2, 0) is 14.8 Å². The Balaban J connectivity index is 2.55. The summed E-state index contributed by atoms with van der Waals surface area (Å²) in [5.41, 5.74) is 0. The zero-order valence-corrected chi connectivity index (χ0v) is 14.2. The van der Waals surface area contributed by atoms with E-state index in [1.165, 1.54) is 24.3 Å². The van der Waals surface area contributed by atoms with Gasteiger partial charge in [0.05, 0.1) is 4.90 Å². The number of carbonyl (C=O) groups excluding carboxylic acids is 1. The Morgan fingerprint density at radius 1 is 1.30 bits per heavy atom. The SMILES string of the molecule is CC[C@H](C)NS(=O)(=O)c1ccc(OCC(=O)NCCCO)cc1. The van der Waals surface area contributed by atoms with Crippen molar-refractivity contribution in [1.29, 1.82) is 0 Å². The van der Waals surface area contributed by atoms with Crippen molar-refractivity contribution in [3.63, 3.8) is 0 Å². The molecule has 0 radical (unpaired) electrons. The molecule has 7 nitrogen and oxygen atoms in total. The van der Waals surface area contributed by atoms with Gasteiger partial charge in [-0.2, -0.15) is 0 Å². The summed E-state index contributed by atoms with van der Waals surface area (Å²) < 4.78 is 32.0. The van der Waals surface area contributed by atoms with Gasteiger partial charge < -0.3 is 15.2 Å². The second kappa shape index (κ2) is 9.49. The fourth-order valence-corrected chi connectivity index (χ4v) is 2.96. The van der Waals surface area contributed by atoms with Crippen LogP contribution in [0.5, 0.6) is 5.75 Å². The van der Waals surface area contributed by atoms with Crippen molar-refractivity contribution in [1.82, 2.24) is 10.0 Å². The van der Waals surface area contributed by atoms with E-state index < -0.39 is 10.0 Å². The summed E-state index contributed by atoms with van der Waals surface area (Å²) >= 11 is 0. The second-order valence-electron chi connectivity index (χ2n) is 5.12. The van der Waals surface area contributed by atoms with Crippen LogP contribution in [0.15, 0.2) is 29.2 Å². The van der Waals surface area contributed by atoms with Crippen LogP contribution in [0.25, 0.3) is 0 Å². The van der Waals surface area contributed by atoms with Gasteiger partial charge in [-0.25, -0.2) is 13.1 Å². The summed E-state index contributed by atoms with van der Waals surface area (Å²) in [6.07, 6.45) is 1.19. The third-order valence-electron chi connectivity index (χ3n) is 3.13. The van der Waals surface area contributed by atoms with E-state index in [9.17, 15) is 13.2 Å². The van der Waals surface area contributed by atoms with Crippen molar-refractivity contribution >= 4 is 15.9 Å². The summed E-state index contributed by atoms with van der Waals surface area (Å²) in [4.78, 5) is 11.6. The van der Waals surface area contributed by atoms with Crippen LogP contribution in [-0.4, -0.2) is 45.2 Å². The molecule has 1 atom stereocenters. The maximum absolute atomic E-state index is 12.1. The molecule has 0 aliphatic rings. The minimum absolute atomic E-state index is 0.0156. The van der Waals surface area contributed by atoms with Gasteiger partial charge in [0.1, 0.15) is 5.75 Å². The lowest BCUT2D eigenvalue weighted by Crippen LogP contribution is -2.32. The van der Waals surface area contributed by atoms with Gasteiger partial charge in [-0.15, -0.1) is 0 Å². The molecule has 0 saturated carbocycles. The second-order valence-corrected chi connectivity index (χ2v) is 6.83. The number of hydrogen-bond donors (Lipinski definition) is 3. The van der Waals surface area contributed by atoms with Gasteiger partial charge in [-0.1, -0.05) is 6.92 Å². The molecule has 8 heteroatoms. The third kappa shape index (κ3) is 6.98. The molecule has 1 amide bonds. The Morgan fingerprint density at radius 2 is 1.96 bits per heavy atom. The number of ether oxygens (including phenoxy) is 1. The molecular weight excluding hydrogens is 320 g/mol. The molecule has 1 aromatic rings. The molecule has 0 heterocycles. The van der Waals surface area contributed by atoms with E-state index in [1.807, 2.05) is 6.92 Å². The Kier molecular flexibility index (Phi) is 8.01. The van der Waals surface area contributed by atoms with E-state index in [-0.39, 0.29) is 30.1 Å². The van der Waals surface area contributed by atoms with Crippen molar-refractivity contribution in [2.45, 2.75) is 37.6 Å². The van der Waals surface area contributed by atoms with Gasteiger partial charge in [-0.3, -0.25) is 4.79 Å². The number of sulfonamides is 1. The van der Waals surface area contributed by atoms with E-state index in [0.29, 0.717) is 25.1 Å². The average Bonchev–Trinajstić information content (AvgIpc) is 2.53. The molecule has 1 rings (SSSR count). The Morgan fingerprint density at radius 3 is 2.52 bits per heavy atom. The monoisotopic (exact) mass is 344 g/mol. The lowest BCUT2D eigenvalue weighted by Gasteiger charge is -2.12. The lowest BCUT2D eigenvalue weighted by molar-refractivity contribution is -0.123. The first-order chi connectivity index (χ1) is 10.9. The van der Waals surface area contributed by atoms with Crippen LogP contribution in [0.2, 0.25) is 0 Å². The maximum atomic E-state index is 12.1. The Labute approximate surface area is 137 Å². The topological polar surface area (TPSA) is 105 Å². The first-order valence-electron chi connectivity index (χ1n) is 7.51. The molecule has 0 aliphatic heterocycles. The van der Waals surface area contributed by atoms with Crippen LogP contribution >= 0.6 is 0 Å². The molecule has 0 fully saturated rings. The highest BCUT2D eigenvalue weighted by molar-refractivity contribution is 7.89. The molecule has 0 unspecified atom stereocenters. The van der Waals surface area contributed by atoms with E-state index in [2.05, 4.69) is 10.0 Å². The molecule has 23 heavy (non-hydrogen) atoms. The fraction of sp³-hybridized carbons (Fsp3) is 0.533. The molecule has 0 aromatic heterocycles. The van der Waals surface area contributed by atoms with Gasteiger partial charge >= 0.3 is 0 Å². The summed E-state index contributed by atoms with van der Waals surface area (Å²) in [5, 5.41) is 11.2. The van der Waals surface area contributed by atoms with Crippen LogP contribution in [0.3, 0.4) is 0 Å². The quantitative estimate of drug-likeness (QED) is 0.540. The minimum Gasteiger partial charge on any atom is -0.484 e. The molecule has 0 aliphatic carbocycles. The molecular formula is C15H24N2O5S. The molecule has 0 bridgehead atoms. The molecule has 1 aromatic carbocycles. The predicted molar refractivity (Wildman–Crippen MR) is 86.7 cm³/mol. The fourth-order valence-electron chi connectivity index (χ4n) is 1.64. The Bertz CT molecular complexity index is 586. The number of aliphatic hydroxyl groups excluding tert-OH is 1. The first-order valence-corrected chi connectivity index (χ1v) is 9.00. The van der Waals surface area contributed by atoms with Crippen molar-refractivity contribution in [3.8, 4) is 5.75 Å². The van der Waals surface area contributed by atoms with Gasteiger partial charge in [-0.05, 0) is 44.0 Å². The minimum atomic E-state index is -3.54. The summed E-state index contributed by atoms with van der Waals surface area (Å²) in [5.74, 6) is 0.110. The smallest absolute Gasteiger partial charge is 0.257 e. The van der Waals surface area contributed by atoms with Crippen molar-refractivity contribution in [2.75, 3.05) is 19.8 Å². The van der Waals surface area contributed by atoms with Crippen LogP contribution in [0.4, 0.5) is 0 Å². The van der Waals surface area contributed by atoms with E-state index in [1.54, 1.807) is 6.92 Å². The summed E-state index contributed by atoms with van der Waals surface area (Å²) in [6, 6.07) is 5.74. The van der Waals surface area contributed by atoms with Crippen molar-refractivity contribution < 1.29 is 23.1 Å². The summed E-state index contributed by atoms with van der Waals surface area (Å²) in [7, 11) is -3.54. The first kappa shape index (κ1) is 19.4. The van der Waals surface area contributed by atoms with Crippen LogP contribution in [0, 0.1) is 0 Å². The number of hydrogen-bond acceptors (Lipinski definition) is 5. The number of carbonyl (C=O) groups is 1. The highest BCUT2D eigenvalue weighted by Gasteiger charge is 2.16. The number of nitrogens with one attached hydrogen (secondary N) is 2. The zero-order chi connectivity index (χ0) is 17.3. The standard InChI is InChI=1S/C15H24N2O5S/c1-3-12(2)17-23(20,21)14-7-5-13(6-8-14)22-11-15(19)16-9-4-10-18/h5-8,12,17-18H,3-4,9-11H2,1-2H3,(H,16,19)/t12-/m0/s1. The third-order valence-corrected chi connectivity index (χ3v) is 4.74. The van der Waals surface area contributed by atoms with Crippen molar-refractivity contribution in [3.05, 3.63) is 24.3 Å². The number of benzene rings is 1.